The summed E-state index contributed by atoms with van der Waals surface area (Å²) in [5, 5.41) is 0. The average Bonchev–Trinajstić information content (AvgIpc) is 2.54. The Kier molecular flexibility index (Phi) is 8.97. The van der Waals surface area contributed by atoms with Gasteiger partial charge in [0.05, 0.1) is 20.8 Å². The number of carbonyl (C=O) groups excluding carboxylic acids is 1. The summed E-state index contributed by atoms with van der Waals surface area (Å²) in [4.78, 5) is 11.5. The Labute approximate surface area is 141 Å². The largest absolute Gasteiger partial charge is 0.497 e. The van der Waals surface area contributed by atoms with Gasteiger partial charge >= 0.3 is 5.97 Å². The molecular weight excluding hydrogens is 348 g/mol. The summed E-state index contributed by atoms with van der Waals surface area (Å²) in [6.07, 6.45) is 4.39. The van der Waals surface area contributed by atoms with Crippen LogP contribution in [0.25, 0.3) is 0 Å². The van der Waals surface area contributed by atoms with Crippen LogP contribution in [0.3, 0.4) is 0 Å². The molecule has 0 aliphatic carbocycles. The molecular formula is C17H25BrO4. The number of aryl methyl sites for hydroxylation is 1. The van der Waals surface area contributed by atoms with Crippen molar-refractivity contribution in [1.82, 2.24) is 0 Å². The minimum atomic E-state index is -0.242. The number of methoxy groups -OCH3 is 2. The van der Waals surface area contributed by atoms with Gasteiger partial charge in [-0.25, -0.2) is 0 Å². The van der Waals surface area contributed by atoms with Gasteiger partial charge in [-0.2, -0.15) is 0 Å². The van der Waals surface area contributed by atoms with Crippen molar-refractivity contribution >= 4 is 21.9 Å². The van der Waals surface area contributed by atoms with Crippen LogP contribution < -0.4 is 9.47 Å². The summed E-state index contributed by atoms with van der Waals surface area (Å²) in [5.74, 6) is 1.42. The normalized spacial score (nSPS) is 11.8. The lowest BCUT2D eigenvalue weighted by atomic mass is 10.1. The molecule has 0 radical (unpaired) electrons. The molecule has 0 fully saturated rings. The molecule has 4 nitrogen and oxygen atoms in total. The van der Waals surface area contributed by atoms with Gasteiger partial charge in [-0.05, 0) is 37.3 Å². The fraction of sp³-hybridized carbons (Fsp3) is 0.588. The number of benzene rings is 1. The SMILES string of the molecule is CCCCOC(=O)C(Br)CCCc1ccc(OC)cc1OC. The third kappa shape index (κ3) is 6.26. The Morgan fingerprint density at radius 1 is 1.23 bits per heavy atom. The van der Waals surface area contributed by atoms with E-state index < -0.39 is 0 Å². The lowest BCUT2D eigenvalue weighted by Crippen LogP contribution is -2.18. The van der Waals surface area contributed by atoms with Crippen LogP contribution in [0.4, 0.5) is 0 Å². The van der Waals surface area contributed by atoms with Crippen LogP contribution in [-0.2, 0) is 16.0 Å². The highest BCUT2D eigenvalue weighted by Crippen LogP contribution is 2.26. The Morgan fingerprint density at radius 3 is 2.64 bits per heavy atom. The zero-order valence-electron chi connectivity index (χ0n) is 13.6. The summed E-state index contributed by atoms with van der Waals surface area (Å²) in [6.45, 7) is 2.57. The Balaban J connectivity index is 2.41. The van der Waals surface area contributed by atoms with E-state index in [1.165, 1.54) is 0 Å². The molecule has 0 amide bonds. The average molecular weight is 373 g/mol. The summed E-state index contributed by atoms with van der Waals surface area (Å²) in [6, 6.07) is 5.79. The van der Waals surface area contributed by atoms with Gasteiger partial charge in [0.25, 0.3) is 0 Å². The van der Waals surface area contributed by atoms with Crippen LogP contribution >= 0.6 is 15.9 Å². The summed E-state index contributed by atoms with van der Waals surface area (Å²) in [7, 11) is 3.28. The predicted molar refractivity (Wildman–Crippen MR) is 91.1 cm³/mol. The standard InChI is InChI=1S/C17H25BrO4/c1-4-5-11-22-17(19)15(18)8-6-7-13-9-10-14(20-2)12-16(13)21-3/h9-10,12,15H,4-8,11H2,1-3H3. The van der Waals surface area contributed by atoms with Crippen LogP contribution in [0.15, 0.2) is 18.2 Å². The number of hydrogen-bond acceptors (Lipinski definition) is 4. The van der Waals surface area contributed by atoms with E-state index >= 15 is 0 Å². The number of carbonyl (C=O) groups is 1. The predicted octanol–water partition coefficient (Wildman–Crippen LogP) is 4.13. The lowest BCUT2D eigenvalue weighted by molar-refractivity contribution is -0.143. The maximum Gasteiger partial charge on any atom is 0.319 e. The van der Waals surface area contributed by atoms with Crippen molar-refractivity contribution in [2.24, 2.45) is 0 Å². The van der Waals surface area contributed by atoms with E-state index in [1.807, 2.05) is 18.2 Å². The van der Waals surface area contributed by atoms with Gasteiger partial charge in [-0.3, -0.25) is 4.79 Å². The molecule has 0 N–H and O–H groups in total. The zero-order chi connectivity index (χ0) is 16.4. The van der Waals surface area contributed by atoms with Gasteiger partial charge in [-0.15, -0.1) is 0 Å². The molecule has 0 bridgehead atoms. The minimum absolute atomic E-state index is 0.171. The first kappa shape index (κ1) is 18.8. The van der Waals surface area contributed by atoms with E-state index in [2.05, 4.69) is 22.9 Å². The molecule has 0 saturated heterocycles. The molecule has 0 aromatic heterocycles. The molecule has 1 unspecified atom stereocenters. The maximum absolute atomic E-state index is 11.8. The quantitative estimate of drug-likeness (QED) is 0.351. The highest BCUT2D eigenvalue weighted by Gasteiger charge is 2.16. The molecule has 1 rings (SSSR count). The third-order valence-corrected chi connectivity index (χ3v) is 4.23. The molecule has 0 spiro atoms. The van der Waals surface area contributed by atoms with E-state index in [9.17, 15) is 4.79 Å². The molecule has 0 heterocycles. The van der Waals surface area contributed by atoms with Crippen LogP contribution in [0.5, 0.6) is 11.5 Å². The van der Waals surface area contributed by atoms with E-state index in [1.54, 1.807) is 14.2 Å². The monoisotopic (exact) mass is 372 g/mol. The van der Waals surface area contributed by atoms with Crippen molar-refractivity contribution in [3.63, 3.8) is 0 Å². The van der Waals surface area contributed by atoms with Gasteiger partial charge in [-0.1, -0.05) is 35.3 Å². The van der Waals surface area contributed by atoms with E-state index in [-0.39, 0.29) is 10.8 Å². The van der Waals surface area contributed by atoms with Crippen molar-refractivity contribution in [3.05, 3.63) is 23.8 Å². The molecule has 0 aliphatic rings. The van der Waals surface area contributed by atoms with E-state index in [4.69, 9.17) is 14.2 Å². The van der Waals surface area contributed by atoms with Crippen LogP contribution in [0, 0.1) is 0 Å². The molecule has 1 atom stereocenters. The van der Waals surface area contributed by atoms with Gasteiger partial charge in [0.15, 0.2) is 0 Å². The number of esters is 1. The van der Waals surface area contributed by atoms with Crippen molar-refractivity contribution in [1.29, 1.82) is 0 Å². The summed E-state index contributed by atoms with van der Waals surface area (Å²) >= 11 is 3.40. The number of hydrogen-bond donors (Lipinski definition) is 0. The minimum Gasteiger partial charge on any atom is -0.497 e. The fourth-order valence-corrected chi connectivity index (χ4v) is 2.51. The van der Waals surface area contributed by atoms with E-state index in [0.717, 1.165) is 49.2 Å². The molecule has 22 heavy (non-hydrogen) atoms. The Hall–Kier alpha value is -1.23. The molecule has 0 saturated carbocycles. The number of ether oxygens (including phenoxy) is 3. The van der Waals surface area contributed by atoms with Gasteiger partial charge in [0.1, 0.15) is 16.3 Å². The number of halogens is 1. The number of rotatable bonds is 10. The second kappa shape index (κ2) is 10.5. The van der Waals surface area contributed by atoms with Crippen molar-refractivity contribution < 1.29 is 19.0 Å². The van der Waals surface area contributed by atoms with Crippen LogP contribution in [0.2, 0.25) is 0 Å². The first-order valence-corrected chi connectivity index (χ1v) is 8.55. The van der Waals surface area contributed by atoms with Gasteiger partial charge < -0.3 is 14.2 Å². The molecule has 1 aromatic carbocycles. The lowest BCUT2D eigenvalue weighted by Gasteiger charge is -2.12. The van der Waals surface area contributed by atoms with Crippen LogP contribution in [0.1, 0.15) is 38.2 Å². The number of unbranched alkanes of at least 4 members (excludes halogenated alkanes) is 1. The number of alkyl halides is 1. The maximum atomic E-state index is 11.8. The summed E-state index contributed by atoms with van der Waals surface area (Å²) < 4.78 is 15.8. The first-order valence-electron chi connectivity index (χ1n) is 7.64. The zero-order valence-corrected chi connectivity index (χ0v) is 15.1. The second-order valence-electron chi connectivity index (χ2n) is 5.06. The molecule has 1 aromatic rings. The van der Waals surface area contributed by atoms with Crippen LogP contribution in [-0.4, -0.2) is 31.6 Å². The molecule has 0 aliphatic heterocycles. The van der Waals surface area contributed by atoms with Crippen molar-refractivity contribution in [2.75, 3.05) is 20.8 Å². The molecule has 124 valence electrons. The second-order valence-corrected chi connectivity index (χ2v) is 6.16. The third-order valence-electron chi connectivity index (χ3n) is 3.40. The van der Waals surface area contributed by atoms with Crippen molar-refractivity contribution in [2.45, 2.75) is 43.9 Å². The Morgan fingerprint density at radius 2 is 2.00 bits per heavy atom. The topological polar surface area (TPSA) is 44.8 Å². The Bertz CT molecular complexity index is 462. The smallest absolute Gasteiger partial charge is 0.319 e. The fourth-order valence-electron chi connectivity index (χ4n) is 2.06. The van der Waals surface area contributed by atoms with E-state index in [0.29, 0.717) is 6.61 Å². The molecule has 5 heteroatoms. The van der Waals surface area contributed by atoms with Gasteiger partial charge in [0, 0.05) is 6.07 Å². The first-order chi connectivity index (χ1) is 10.6. The summed E-state index contributed by atoms with van der Waals surface area (Å²) in [5.41, 5.74) is 1.11. The van der Waals surface area contributed by atoms with Crippen molar-refractivity contribution in [3.8, 4) is 11.5 Å². The van der Waals surface area contributed by atoms with Gasteiger partial charge in [0.2, 0.25) is 0 Å². The highest BCUT2D eigenvalue weighted by atomic mass is 79.9. The highest BCUT2D eigenvalue weighted by molar-refractivity contribution is 9.10.